The van der Waals surface area contributed by atoms with Gasteiger partial charge in [0.1, 0.15) is 0 Å². The molecule has 0 amide bonds. The normalized spacial score (nSPS) is 15.2. The molecule has 3 heteroatoms. The van der Waals surface area contributed by atoms with Gasteiger partial charge >= 0.3 is 5.97 Å². The highest BCUT2D eigenvalue weighted by Crippen LogP contribution is 2.15. The molecule has 0 saturated heterocycles. The number of hydrogen-bond donors (Lipinski definition) is 2. The summed E-state index contributed by atoms with van der Waals surface area (Å²) in [5.74, 6) is -0.352. The van der Waals surface area contributed by atoms with E-state index in [1.807, 2.05) is 13.0 Å². The molecule has 0 fully saturated rings. The number of carboxylic acid groups (broad SMARTS) is 1. The molecule has 12 heavy (non-hydrogen) atoms. The van der Waals surface area contributed by atoms with Crippen LogP contribution in [-0.2, 0) is 4.79 Å². The molecule has 0 bridgehead atoms. The van der Waals surface area contributed by atoms with E-state index < -0.39 is 5.97 Å². The first-order valence-corrected chi connectivity index (χ1v) is 4.14. The Labute approximate surface area is 73.3 Å². The van der Waals surface area contributed by atoms with Crippen molar-refractivity contribution in [2.24, 2.45) is 17.6 Å². The Hall–Kier alpha value is -0.830. The van der Waals surface area contributed by atoms with Crippen molar-refractivity contribution < 1.29 is 9.90 Å². The van der Waals surface area contributed by atoms with Crippen molar-refractivity contribution in [1.29, 1.82) is 0 Å². The van der Waals surface area contributed by atoms with E-state index in [-0.39, 0.29) is 12.3 Å². The van der Waals surface area contributed by atoms with Gasteiger partial charge in [0.2, 0.25) is 0 Å². The Balaban J connectivity index is 3.81. The van der Waals surface area contributed by atoms with Gasteiger partial charge in [-0.25, -0.2) is 0 Å². The molecule has 70 valence electrons. The maximum atomic E-state index is 10.4. The Kier molecular flexibility index (Phi) is 5.37. The molecule has 0 aliphatic carbocycles. The molecule has 3 N–H and O–H groups in total. The third kappa shape index (κ3) is 4.91. The maximum absolute atomic E-state index is 10.4. The van der Waals surface area contributed by atoms with Gasteiger partial charge < -0.3 is 10.8 Å². The third-order valence-electron chi connectivity index (χ3n) is 1.90. The first-order chi connectivity index (χ1) is 5.60. The van der Waals surface area contributed by atoms with Gasteiger partial charge in [-0.05, 0) is 24.8 Å². The monoisotopic (exact) mass is 171 g/mol. The lowest BCUT2D eigenvalue weighted by Gasteiger charge is -2.14. The number of hydrogen-bond acceptors (Lipinski definition) is 2. The van der Waals surface area contributed by atoms with E-state index >= 15 is 0 Å². The predicted octanol–water partition coefficient (Wildman–Crippen LogP) is 1.25. The summed E-state index contributed by atoms with van der Waals surface area (Å²) >= 11 is 0. The van der Waals surface area contributed by atoms with Crippen LogP contribution in [0.1, 0.15) is 19.8 Å². The molecule has 0 saturated carbocycles. The molecule has 1 unspecified atom stereocenters. The standard InChI is InChI=1S/C9H17NO2/c1-3-7(2)4-8(6-10)5-9(11)12/h3,7-8H,1,4-6,10H2,2H3,(H,11,12)/t7?,8-/m0/s1. The minimum absolute atomic E-state index is 0.0792. The van der Waals surface area contributed by atoms with E-state index in [0.717, 1.165) is 6.42 Å². The van der Waals surface area contributed by atoms with Gasteiger partial charge in [-0.2, -0.15) is 0 Å². The highest BCUT2D eigenvalue weighted by molar-refractivity contribution is 5.67. The predicted molar refractivity (Wildman–Crippen MR) is 48.8 cm³/mol. The summed E-state index contributed by atoms with van der Waals surface area (Å²) in [6.45, 7) is 6.09. The van der Waals surface area contributed by atoms with Crippen molar-refractivity contribution in [1.82, 2.24) is 0 Å². The molecule has 0 radical (unpaired) electrons. The van der Waals surface area contributed by atoms with E-state index in [0.29, 0.717) is 12.5 Å². The van der Waals surface area contributed by atoms with Crippen LogP contribution in [0.15, 0.2) is 12.7 Å². The third-order valence-corrected chi connectivity index (χ3v) is 1.90. The zero-order valence-electron chi connectivity index (χ0n) is 7.49. The first-order valence-electron chi connectivity index (χ1n) is 4.14. The maximum Gasteiger partial charge on any atom is 0.303 e. The summed E-state index contributed by atoms with van der Waals surface area (Å²) in [4.78, 5) is 10.4. The van der Waals surface area contributed by atoms with Gasteiger partial charge in [0.05, 0.1) is 0 Å². The highest BCUT2D eigenvalue weighted by atomic mass is 16.4. The second-order valence-electron chi connectivity index (χ2n) is 3.15. The van der Waals surface area contributed by atoms with Crippen molar-refractivity contribution in [3.8, 4) is 0 Å². The van der Waals surface area contributed by atoms with Crippen LogP contribution in [0.3, 0.4) is 0 Å². The van der Waals surface area contributed by atoms with Crippen LogP contribution < -0.4 is 5.73 Å². The van der Waals surface area contributed by atoms with Gasteiger partial charge in [0.25, 0.3) is 0 Å². The van der Waals surface area contributed by atoms with Crippen LogP contribution in [0.5, 0.6) is 0 Å². The number of carbonyl (C=O) groups is 1. The van der Waals surface area contributed by atoms with Crippen molar-refractivity contribution >= 4 is 5.97 Å². The van der Waals surface area contributed by atoms with Crippen LogP contribution in [-0.4, -0.2) is 17.6 Å². The number of aliphatic carboxylic acids is 1. The smallest absolute Gasteiger partial charge is 0.303 e. The number of carboxylic acids is 1. The number of rotatable bonds is 6. The summed E-state index contributed by atoms with van der Waals surface area (Å²) in [5.41, 5.74) is 5.43. The second kappa shape index (κ2) is 5.77. The quantitative estimate of drug-likeness (QED) is 0.591. The lowest BCUT2D eigenvalue weighted by molar-refractivity contribution is -0.138. The molecule has 2 atom stereocenters. The summed E-state index contributed by atoms with van der Waals surface area (Å²) in [6, 6.07) is 0. The topological polar surface area (TPSA) is 63.3 Å². The van der Waals surface area contributed by atoms with Gasteiger partial charge in [-0.3, -0.25) is 4.79 Å². The number of nitrogens with two attached hydrogens (primary N) is 1. The number of allylic oxidation sites excluding steroid dienone is 1. The minimum Gasteiger partial charge on any atom is -0.481 e. The largest absolute Gasteiger partial charge is 0.481 e. The molecule has 3 nitrogen and oxygen atoms in total. The van der Waals surface area contributed by atoms with E-state index in [1.54, 1.807) is 0 Å². The fourth-order valence-electron chi connectivity index (χ4n) is 1.13. The van der Waals surface area contributed by atoms with Crippen LogP contribution in [0.2, 0.25) is 0 Å². The summed E-state index contributed by atoms with van der Waals surface area (Å²) in [7, 11) is 0. The Morgan fingerprint density at radius 2 is 2.33 bits per heavy atom. The van der Waals surface area contributed by atoms with Crippen LogP contribution in [0.4, 0.5) is 0 Å². The molecular weight excluding hydrogens is 154 g/mol. The van der Waals surface area contributed by atoms with E-state index in [4.69, 9.17) is 10.8 Å². The molecule has 0 aromatic rings. The fraction of sp³-hybridized carbons (Fsp3) is 0.667. The molecule has 0 aliphatic rings. The van der Waals surface area contributed by atoms with E-state index in [9.17, 15) is 4.79 Å². The van der Waals surface area contributed by atoms with E-state index in [1.165, 1.54) is 0 Å². The Bertz CT molecular complexity index is 157. The van der Waals surface area contributed by atoms with Gasteiger partial charge in [0, 0.05) is 6.42 Å². The summed E-state index contributed by atoms with van der Waals surface area (Å²) < 4.78 is 0. The average Bonchev–Trinajstić information content (AvgIpc) is 2.02. The first kappa shape index (κ1) is 11.2. The fourth-order valence-corrected chi connectivity index (χ4v) is 1.13. The van der Waals surface area contributed by atoms with Gasteiger partial charge in [-0.15, -0.1) is 6.58 Å². The van der Waals surface area contributed by atoms with Crippen molar-refractivity contribution in [3.63, 3.8) is 0 Å². The zero-order valence-corrected chi connectivity index (χ0v) is 7.49. The van der Waals surface area contributed by atoms with Crippen molar-refractivity contribution in [2.45, 2.75) is 19.8 Å². The highest BCUT2D eigenvalue weighted by Gasteiger charge is 2.13. The molecular formula is C9H17NO2. The Morgan fingerprint density at radius 3 is 2.67 bits per heavy atom. The summed E-state index contributed by atoms with van der Waals surface area (Å²) in [6.07, 6.45) is 2.80. The minimum atomic E-state index is -0.776. The lowest BCUT2D eigenvalue weighted by Crippen LogP contribution is -2.19. The molecule has 0 heterocycles. The van der Waals surface area contributed by atoms with Crippen LogP contribution in [0, 0.1) is 11.8 Å². The van der Waals surface area contributed by atoms with E-state index in [2.05, 4.69) is 6.58 Å². The van der Waals surface area contributed by atoms with Crippen molar-refractivity contribution in [3.05, 3.63) is 12.7 Å². The van der Waals surface area contributed by atoms with Crippen LogP contribution >= 0.6 is 0 Å². The zero-order chi connectivity index (χ0) is 9.56. The average molecular weight is 171 g/mol. The molecule has 0 aliphatic heterocycles. The molecule has 0 aromatic carbocycles. The summed E-state index contributed by atoms with van der Waals surface area (Å²) in [5, 5.41) is 8.52. The molecule has 0 spiro atoms. The van der Waals surface area contributed by atoms with Gasteiger partial charge in [0.15, 0.2) is 0 Å². The molecule has 0 aromatic heterocycles. The van der Waals surface area contributed by atoms with Gasteiger partial charge in [-0.1, -0.05) is 13.0 Å². The second-order valence-corrected chi connectivity index (χ2v) is 3.15. The Morgan fingerprint density at radius 1 is 1.75 bits per heavy atom. The lowest BCUT2D eigenvalue weighted by atomic mass is 9.93. The van der Waals surface area contributed by atoms with Crippen molar-refractivity contribution in [2.75, 3.05) is 6.54 Å². The molecule has 0 rings (SSSR count). The SMILES string of the molecule is C=CC(C)C[C@H](CN)CC(=O)O. The van der Waals surface area contributed by atoms with Crippen LogP contribution in [0.25, 0.3) is 0 Å².